The number of hydrogen-bond donors (Lipinski definition) is 0. The minimum atomic E-state index is -0.749. The number of ether oxygens (including phenoxy) is 1. The van der Waals surface area contributed by atoms with Crippen LogP contribution in [-0.2, 0) is 14.3 Å². The molecule has 0 radical (unpaired) electrons. The van der Waals surface area contributed by atoms with Gasteiger partial charge in [-0.2, -0.15) is 0 Å². The van der Waals surface area contributed by atoms with E-state index < -0.39 is 11.9 Å². The number of carbonyl (C=O) groups is 2. The standard InChI is InChI=1S/C13H16O3/c1-5-8-11(9-6-2)10(4)13(15)16-12(14)7-3/h5-7H,1-3,8-9H2,4H3. The van der Waals surface area contributed by atoms with Crippen molar-refractivity contribution in [3.63, 3.8) is 0 Å². The number of hydrogen-bond acceptors (Lipinski definition) is 3. The van der Waals surface area contributed by atoms with E-state index in [1.54, 1.807) is 19.1 Å². The Morgan fingerprint density at radius 1 is 1.12 bits per heavy atom. The predicted octanol–water partition coefficient (Wildman–Crippen LogP) is 2.71. The van der Waals surface area contributed by atoms with Gasteiger partial charge in [0.25, 0.3) is 0 Å². The van der Waals surface area contributed by atoms with Gasteiger partial charge in [-0.15, -0.1) is 13.2 Å². The predicted molar refractivity (Wildman–Crippen MR) is 63.6 cm³/mol. The summed E-state index contributed by atoms with van der Waals surface area (Å²) in [6, 6.07) is 0. The minimum absolute atomic E-state index is 0.412. The molecule has 0 N–H and O–H groups in total. The molecule has 0 saturated carbocycles. The Morgan fingerprint density at radius 3 is 2.00 bits per heavy atom. The summed E-state index contributed by atoms with van der Waals surface area (Å²) in [4.78, 5) is 22.3. The Morgan fingerprint density at radius 2 is 1.62 bits per heavy atom. The van der Waals surface area contributed by atoms with Crippen LogP contribution in [-0.4, -0.2) is 11.9 Å². The molecule has 0 saturated heterocycles. The largest absolute Gasteiger partial charge is 0.386 e. The van der Waals surface area contributed by atoms with E-state index in [2.05, 4.69) is 24.5 Å². The van der Waals surface area contributed by atoms with E-state index >= 15 is 0 Å². The van der Waals surface area contributed by atoms with Gasteiger partial charge in [0.05, 0.1) is 0 Å². The van der Waals surface area contributed by atoms with E-state index in [0.29, 0.717) is 18.4 Å². The van der Waals surface area contributed by atoms with Crippen molar-refractivity contribution < 1.29 is 14.3 Å². The van der Waals surface area contributed by atoms with E-state index in [-0.39, 0.29) is 0 Å². The molecule has 0 aromatic rings. The van der Waals surface area contributed by atoms with Gasteiger partial charge in [0.1, 0.15) is 0 Å². The highest BCUT2D eigenvalue weighted by Gasteiger charge is 2.13. The fourth-order valence-corrected chi connectivity index (χ4v) is 1.09. The van der Waals surface area contributed by atoms with Crippen molar-refractivity contribution in [3.05, 3.63) is 49.1 Å². The van der Waals surface area contributed by atoms with Crippen LogP contribution in [0.1, 0.15) is 19.8 Å². The maximum atomic E-state index is 11.5. The maximum absolute atomic E-state index is 11.5. The molecule has 0 bridgehead atoms. The van der Waals surface area contributed by atoms with Crippen LogP contribution in [0.4, 0.5) is 0 Å². The van der Waals surface area contributed by atoms with Crippen molar-refractivity contribution >= 4 is 11.9 Å². The summed E-state index contributed by atoms with van der Waals surface area (Å²) >= 11 is 0. The molecule has 16 heavy (non-hydrogen) atoms. The highest BCUT2D eigenvalue weighted by Crippen LogP contribution is 2.15. The first-order valence-electron chi connectivity index (χ1n) is 4.85. The van der Waals surface area contributed by atoms with Crippen molar-refractivity contribution in [2.45, 2.75) is 19.8 Å². The second-order valence-electron chi connectivity index (χ2n) is 3.13. The molecular formula is C13H16O3. The molecule has 0 atom stereocenters. The zero-order valence-corrected chi connectivity index (χ0v) is 9.49. The molecule has 0 aromatic carbocycles. The molecular weight excluding hydrogens is 204 g/mol. The molecule has 0 spiro atoms. The van der Waals surface area contributed by atoms with Crippen LogP contribution >= 0.6 is 0 Å². The summed E-state index contributed by atoms with van der Waals surface area (Å²) in [5.74, 6) is -1.40. The average molecular weight is 220 g/mol. The topological polar surface area (TPSA) is 43.4 Å². The smallest absolute Gasteiger partial charge is 0.341 e. The first-order chi connectivity index (χ1) is 7.56. The first kappa shape index (κ1) is 14.1. The third kappa shape index (κ3) is 4.55. The van der Waals surface area contributed by atoms with Crippen LogP contribution < -0.4 is 0 Å². The van der Waals surface area contributed by atoms with Crippen molar-refractivity contribution in [1.29, 1.82) is 0 Å². The number of rotatable bonds is 6. The maximum Gasteiger partial charge on any atom is 0.341 e. The summed E-state index contributed by atoms with van der Waals surface area (Å²) in [5, 5.41) is 0. The molecule has 86 valence electrons. The van der Waals surface area contributed by atoms with Gasteiger partial charge in [0, 0.05) is 11.6 Å². The van der Waals surface area contributed by atoms with Gasteiger partial charge in [0.15, 0.2) is 0 Å². The van der Waals surface area contributed by atoms with Crippen LogP contribution in [0, 0.1) is 0 Å². The fourth-order valence-electron chi connectivity index (χ4n) is 1.09. The zero-order valence-electron chi connectivity index (χ0n) is 9.49. The lowest BCUT2D eigenvalue weighted by Gasteiger charge is -2.07. The quantitative estimate of drug-likeness (QED) is 0.299. The SMILES string of the molecule is C=CCC(CC=C)=C(C)C(=O)OC(=O)C=C. The summed E-state index contributed by atoms with van der Waals surface area (Å²) in [6.07, 6.45) is 5.45. The van der Waals surface area contributed by atoms with E-state index in [9.17, 15) is 9.59 Å². The van der Waals surface area contributed by atoms with Gasteiger partial charge >= 0.3 is 11.9 Å². The van der Waals surface area contributed by atoms with Gasteiger partial charge in [-0.1, -0.05) is 24.3 Å². The lowest BCUT2D eigenvalue weighted by Crippen LogP contribution is -2.12. The van der Waals surface area contributed by atoms with Crippen molar-refractivity contribution in [2.24, 2.45) is 0 Å². The Labute approximate surface area is 95.8 Å². The monoisotopic (exact) mass is 220 g/mol. The van der Waals surface area contributed by atoms with E-state index in [1.807, 2.05) is 0 Å². The number of esters is 2. The van der Waals surface area contributed by atoms with Crippen LogP contribution in [0.15, 0.2) is 49.1 Å². The van der Waals surface area contributed by atoms with Crippen molar-refractivity contribution in [3.8, 4) is 0 Å². The molecule has 0 aromatic heterocycles. The summed E-state index contributed by atoms with van der Waals surface area (Å²) < 4.78 is 4.51. The number of allylic oxidation sites excluding steroid dienone is 3. The fraction of sp³-hybridized carbons (Fsp3) is 0.231. The molecule has 0 fully saturated rings. The third-order valence-electron chi connectivity index (χ3n) is 1.98. The average Bonchev–Trinajstić information content (AvgIpc) is 2.27. The van der Waals surface area contributed by atoms with Crippen LogP contribution in [0.2, 0.25) is 0 Å². The minimum Gasteiger partial charge on any atom is -0.386 e. The lowest BCUT2D eigenvalue weighted by atomic mass is 10.0. The summed E-state index contributed by atoms with van der Waals surface area (Å²) in [7, 11) is 0. The van der Waals surface area contributed by atoms with Gasteiger partial charge in [-0.05, 0) is 19.8 Å². The van der Waals surface area contributed by atoms with E-state index in [1.165, 1.54) is 0 Å². The first-order valence-corrected chi connectivity index (χ1v) is 4.85. The molecule has 0 aliphatic rings. The number of carbonyl (C=O) groups excluding carboxylic acids is 2. The van der Waals surface area contributed by atoms with Gasteiger partial charge < -0.3 is 4.74 Å². The van der Waals surface area contributed by atoms with Gasteiger partial charge in [0.2, 0.25) is 0 Å². The zero-order chi connectivity index (χ0) is 12.6. The third-order valence-corrected chi connectivity index (χ3v) is 1.98. The Balaban J connectivity index is 4.84. The molecule has 0 unspecified atom stereocenters. The van der Waals surface area contributed by atoms with Gasteiger partial charge in [-0.25, -0.2) is 9.59 Å². The molecule has 0 aliphatic heterocycles. The van der Waals surface area contributed by atoms with Gasteiger partial charge in [-0.3, -0.25) is 0 Å². The van der Waals surface area contributed by atoms with E-state index in [4.69, 9.17) is 0 Å². The van der Waals surface area contributed by atoms with Crippen LogP contribution in [0.3, 0.4) is 0 Å². The highest BCUT2D eigenvalue weighted by atomic mass is 16.6. The summed E-state index contributed by atoms with van der Waals surface area (Å²) in [5.41, 5.74) is 1.25. The molecule has 3 nitrogen and oxygen atoms in total. The Kier molecular flexibility index (Phi) is 6.52. The molecule has 0 aliphatic carbocycles. The molecule has 3 heteroatoms. The molecule has 0 heterocycles. The second kappa shape index (κ2) is 7.40. The van der Waals surface area contributed by atoms with Crippen molar-refractivity contribution in [2.75, 3.05) is 0 Å². The second-order valence-corrected chi connectivity index (χ2v) is 3.13. The normalized spacial score (nSPS) is 8.81. The van der Waals surface area contributed by atoms with Crippen molar-refractivity contribution in [1.82, 2.24) is 0 Å². The molecule has 0 rings (SSSR count). The van der Waals surface area contributed by atoms with Crippen LogP contribution in [0.25, 0.3) is 0 Å². The van der Waals surface area contributed by atoms with E-state index in [0.717, 1.165) is 11.6 Å². The lowest BCUT2D eigenvalue weighted by molar-refractivity contribution is -0.153. The Hall–Kier alpha value is -1.90. The van der Waals surface area contributed by atoms with Crippen LogP contribution in [0.5, 0.6) is 0 Å². The Bertz CT molecular complexity index is 336. The molecule has 0 amide bonds. The highest BCUT2D eigenvalue weighted by molar-refractivity contribution is 5.99. The summed E-state index contributed by atoms with van der Waals surface area (Å²) in [6.45, 7) is 12.0.